The topological polar surface area (TPSA) is 133 Å². The fraction of sp³-hybridized carbons (Fsp3) is 0.269. The van der Waals surface area contributed by atoms with Crippen molar-refractivity contribution in [3.05, 3.63) is 77.8 Å². The van der Waals surface area contributed by atoms with Gasteiger partial charge in [0.2, 0.25) is 17.7 Å². The molecule has 0 fully saturated rings. The van der Waals surface area contributed by atoms with Gasteiger partial charge < -0.3 is 20.2 Å². The summed E-state index contributed by atoms with van der Waals surface area (Å²) in [7, 11) is 0. The highest BCUT2D eigenvalue weighted by Crippen LogP contribution is 2.19. The Bertz CT molecular complexity index is 1480. The van der Waals surface area contributed by atoms with Crippen molar-refractivity contribution < 1.29 is 9.15 Å². The first-order valence-electron chi connectivity index (χ1n) is 12.3. The van der Waals surface area contributed by atoms with E-state index < -0.39 is 0 Å². The van der Waals surface area contributed by atoms with Crippen molar-refractivity contribution in [3.63, 3.8) is 0 Å². The van der Waals surface area contributed by atoms with Crippen LogP contribution < -0.4 is 15.8 Å². The molecule has 0 amide bonds. The summed E-state index contributed by atoms with van der Waals surface area (Å²) in [5.41, 5.74) is 9.77. The Morgan fingerprint density at radius 3 is 2.84 bits per heavy atom. The van der Waals surface area contributed by atoms with Crippen LogP contribution >= 0.6 is 0 Å². The molecule has 0 saturated carbocycles. The maximum atomic E-state index is 6.05. The Morgan fingerprint density at radius 1 is 1.05 bits per heavy atom. The minimum absolute atomic E-state index is 0.199. The van der Waals surface area contributed by atoms with Gasteiger partial charge in [-0.3, -0.25) is 9.88 Å². The summed E-state index contributed by atoms with van der Waals surface area (Å²) in [4.78, 5) is 20.0. The van der Waals surface area contributed by atoms with Gasteiger partial charge in [0.05, 0.1) is 6.26 Å². The Balaban J connectivity index is 0.977. The van der Waals surface area contributed by atoms with Crippen LogP contribution in [-0.4, -0.2) is 60.7 Å². The molecule has 0 radical (unpaired) electrons. The average molecular weight is 498 g/mol. The van der Waals surface area contributed by atoms with Gasteiger partial charge in [-0.15, -0.1) is 5.10 Å². The van der Waals surface area contributed by atoms with Gasteiger partial charge in [-0.25, -0.2) is 0 Å². The number of nitrogen functional groups attached to an aromatic ring is 1. The second kappa shape index (κ2) is 10.2. The highest BCUT2D eigenvalue weighted by Gasteiger charge is 2.16. The molecule has 3 N–H and O–H groups in total. The smallest absolute Gasteiger partial charge is 0.259 e. The average Bonchev–Trinajstić information content (AvgIpc) is 3.60. The normalized spacial score (nSPS) is 13.5. The Kier molecular flexibility index (Phi) is 6.34. The molecule has 0 aliphatic carbocycles. The van der Waals surface area contributed by atoms with Crippen LogP contribution in [0, 0.1) is 0 Å². The van der Waals surface area contributed by atoms with Crippen LogP contribution in [-0.2, 0) is 19.4 Å². The fourth-order valence-corrected chi connectivity index (χ4v) is 4.37. The quantitative estimate of drug-likeness (QED) is 0.313. The van der Waals surface area contributed by atoms with Crippen molar-refractivity contribution in [2.24, 2.45) is 0 Å². The number of fused-ring (bicyclic) bond motifs is 2. The van der Waals surface area contributed by atoms with Gasteiger partial charge in [-0.05, 0) is 47.9 Å². The van der Waals surface area contributed by atoms with Crippen molar-refractivity contribution in [2.75, 3.05) is 37.3 Å². The summed E-state index contributed by atoms with van der Waals surface area (Å²) in [6.45, 7) is 4.14. The van der Waals surface area contributed by atoms with Gasteiger partial charge >= 0.3 is 0 Å². The summed E-state index contributed by atoms with van der Waals surface area (Å²) in [5.74, 6) is 2.78. The third kappa shape index (κ3) is 5.21. The monoisotopic (exact) mass is 497 g/mol. The van der Waals surface area contributed by atoms with E-state index in [-0.39, 0.29) is 5.95 Å². The molecule has 11 nitrogen and oxygen atoms in total. The summed E-state index contributed by atoms with van der Waals surface area (Å²) in [6.07, 6.45) is 5.22. The SMILES string of the molecule is Nc1nc(NCCc2ccc(OCCN3CCc4ncccc4C3)cc2)nc2nc(-c3ccco3)nn12. The number of benzene rings is 1. The lowest BCUT2D eigenvalue weighted by atomic mass is 10.1. The van der Waals surface area contributed by atoms with Crippen molar-refractivity contribution in [1.29, 1.82) is 0 Å². The maximum Gasteiger partial charge on any atom is 0.259 e. The van der Waals surface area contributed by atoms with Crippen molar-refractivity contribution >= 4 is 17.7 Å². The number of pyridine rings is 1. The van der Waals surface area contributed by atoms with Crippen LogP contribution in [0.25, 0.3) is 17.4 Å². The summed E-state index contributed by atoms with van der Waals surface area (Å²) >= 11 is 0. The van der Waals surface area contributed by atoms with Crippen LogP contribution in [0.15, 0.2) is 65.4 Å². The number of ether oxygens (including phenoxy) is 1. The van der Waals surface area contributed by atoms with Gasteiger partial charge in [0, 0.05) is 44.5 Å². The van der Waals surface area contributed by atoms with Gasteiger partial charge in [0.25, 0.3) is 5.78 Å². The van der Waals surface area contributed by atoms with Gasteiger partial charge in [-0.1, -0.05) is 18.2 Å². The van der Waals surface area contributed by atoms with E-state index in [0.29, 0.717) is 36.5 Å². The highest BCUT2D eigenvalue weighted by atomic mass is 16.5. The minimum atomic E-state index is 0.199. The molecule has 188 valence electrons. The number of furan rings is 1. The zero-order valence-electron chi connectivity index (χ0n) is 20.2. The van der Waals surface area contributed by atoms with E-state index in [1.807, 2.05) is 24.4 Å². The first-order valence-corrected chi connectivity index (χ1v) is 12.3. The van der Waals surface area contributed by atoms with Crippen LogP contribution in [0.5, 0.6) is 5.75 Å². The predicted octanol–water partition coefficient (Wildman–Crippen LogP) is 2.85. The molecule has 11 heteroatoms. The number of nitrogens with one attached hydrogen (secondary N) is 1. The van der Waals surface area contributed by atoms with E-state index in [4.69, 9.17) is 14.9 Å². The highest BCUT2D eigenvalue weighted by molar-refractivity contribution is 5.52. The largest absolute Gasteiger partial charge is 0.492 e. The van der Waals surface area contributed by atoms with Crippen LogP contribution in [0.3, 0.4) is 0 Å². The van der Waals surface area contributed by atoms with Gasteiger partial charge in [-0.2, -0.15) is 19.5 Å². The predicted molar refractivity (Wildman–Crippen MR) is 138 cm³/mol. The van der Waals surface area contributed by atoms with E-state index in [2.05, 4.69) is 53.5 Å². The van der Waals surface area contributed by atoms with E-state index >= 15 is 0 Å². The van der Waals surface area contributed by atoms with Crippen LogP contribution in [0.4, 0.5) is 11.9 Å². The maximum absolute atomic E-state index is 6.05. The Labute approximate surface area is 213 Å². The molecular formula is C26H27N9O2. The number of hydrogen-bond donors (Lipinski definition) is 2. The molecule has 6 rings (SSSR count). The molecule has 1 aliphatic rings. The first-order chi connectivity index (χ1) is 18.2. The number of nitrogens with zero attached hydrogens (tertiary/aromatic N) is 7. The van der Waals surface area contributed by atoms with Gasteiger partial charge in [0.1, 0.15) is 12.4 Å². The lowest BCUT2D eigenvalue weighted by Gasteiger charge is -2.27. The molecule has 4 aromatic heterocycles. The van der Waals surface area contributed by atoms with Crippen LogP contribution in [0.2, 0.25) is 0 Å². The molecule has 0 saturated heterocycles. The number of hydrogen-bond acceptors (Lipinski definition) is 10. The first kappa shape index (κ1) is 22.9. The molecule has 1 aliphatic heterocycles. The zero-order valence-corrected chi connectivity index (χ0v) is 20.2. The van der Waals surface area contributed by atoms with E-state index in [1.54, 1.807) is 18.4 Å². The lowest BCUT2D eigenvalue weighted by Crippen LogP contribution is -2.34. The Morgan fingerprint density at radius 2 is 1.97 bits per heavy atom. The molecule has 1 aromatic carbocycles. The van der Waals surface area contributed by atoms with Crippen molar-refractivity contribution in [3.8, 4) is 17.3 Å². The standard InChI is InChI=1S/C26H27N9O2/c27-24-31-25(32-26-30-23(33-35(24)26)22-4-2-15-37-22)29-12-9-18-5-7-20(8-6-18)36-16-14-34-13-10-21-19(17-34)3-1-11-28-21/h1-8,11,15H,9-10,12-14,16-17H2,(H3,27,29,30,31,32,33). The second-order valence-electron chi connectivity index (χ2n) is 8.83. The fourth-order valence-electron chi connectivity index (χ4n) is 4.37. The van der Waals surface area contributed by atoms with E-state index in [9.17, 15) is 0 Å². The molecule has 0 spiro atoms. The molecule has 37 heavy (non-hydrogen) atoms. The Hall–Kier alpha value is -4.51. The third-order valence-electron chi connectivity index (χ3n) is 6.31. The van der Waals surface area contributed by atoms with E-state index in [0.717, 1.165) is 38.2 Å². The summed E-state index contributed by atoms with van der Waals surface area (Å²) < 4.78 is 12.7. The van der Waals surface area contributed by atoms with Crippen molar-refractivity contribution in [2.45, 2.75) is 19.4 Å². The molecule has 0 unspecified atom stereocenters. The second-order valence-corrected chi connectivity index (χ2v) is 8.83. The molecule has 0 atom stereocenters. The van der Waals surface area contributed by atoms with Crippen LogP contribution in [0.1, 0.15) is 16.8 Å². The van der Waals surface area contributed by atoms with Crippen molar-refractivity contribution in [1.82, 2.24) is 34.4 Å². The number of anilines is 2. The van der Waals surface area contributed by atoms with E-state index in [1.165, 1.54) is 21.3 Å². The number of rotatable bonds is 9. The molecule has 0 bridgehead atoms. The van der Waals surface area contributed by atoms with Gasteiger partial charge in [0.15, 0.2) is 5.76 Å². The summed E-state index contributed by atoms with van der Waals surface area (Å²) in [6, 6.07) is 15.9. The molecule has 5 aromatic rings. The zero-order chi connectivity index (χ0) is 25.0. The number of nitrogens with two attached hydrogens (primary N) is 1. The molecule has 5 heterocycles. The third-order valence-corrected chi connectivity index (χ3v) is 6.31. The summed E-state index contributed by atoms with van der Waals surface area (Å²) in [5, 5.41) is 7.52. The minimum Gasteiger partial charge on any atom is -0.492 e. The lowest BCUT2D eigenvalue weighted by molar-refractivity contribution is 0.195. The molecular weight excluding hydrogens is 470 g/mol. The number of aromatic nitrogens is 6.